The summed E-state index contributed by atoms with van der Waals surface area (Å²) >= 11 is 0. The van der Waals surface area contributed by atoms with Gasteiger partial charge in [0.1, 0.15) is 0 Å². The predicted octanol–water partition coefficient (Wildman–Crippen LogP) is 2.94. The molecule has 2 aromatic carbocycles. The quantitative estimate of drug-likeness (QED) is 0.615. The van der Waals surface area contributed by atoms with Crippen molar-refractivity contribution in [2.24, 2.45) is 0 Å². The van der Waals surface area contributed by atoms with Crippen LogP contribution in [0.25, 0.3) is 10.9 Å². The van der Waals surface area contributed by atoms with Crippen LogP contribution in [-0.2, 0) is 21.2 Å². The van der Waals surface area contributed by atoms with Gasteiger partial charge in [-0.25, -0.2) is 8.42 Å². The Kier molecular flexibility index (Phi) is 6.13. The minimum absolute atomic E-state index is 0.152. The molecule has 1 amide bonds. The number of sulfonamides is 1. The van der Waals surface area contributed by atoms with Crippen LogP contribution in [0.4, 0.5) is 0 Å². The summed E-state index contributed by atoms with van der Waals surface area (Å²) < 4.78 is 32.9. The maximum absolute atomic E-state index is 12.9. The number of morpholine rings is 1. The zero-order chi connectivity index (χ0) is 22.0. The van der Waals surface area contributed by atoms with E-state index in [2.05, 4.69) is 16.4 Å². The van der Waals surface area contributed by atoms with Gasteiger partial charge in [0.25, 0.3) is 5.91 Å². The first-order chi connectivity index (χ1) is 14.8. The summed E-state index contributed by atoms with van der Waals surface area (Å²) in [7, 11) is -3.62. The fraction of sp³-hybridized carbons (Fsp3) is 0.348. The van der Waals surface area contributed by atoms with E-state index < -0.39 is 10.0 Å². The van der Waals surface area contributed by atoms with Gasteiger partial charge >= 0.3 is 0 Å². The number of hydrogen-bond acceptors (Lipinski definition) is 4. The average Bonchev–Trinajstić information content (AvgIpc) is 3.16. The predicted molar refractivity (Wildman–Crippen MR) is 120 cm³/mol. The van der Waals surface area contributed by atoms with Crippen LogP contribution >= 0.6 is 0 Å². The molecule has 0 saturated carbocycles. The standard InChI is InChI=1S/C23H27N3O4S/c1-16-14-26(15-17(2)30-16)31(28,29)20-9-7-18(8-10-20)23(27)24-12-11-19-13-25-22-6-4-3-5-21(19)22/h3-10,13,16-17,25H,11-12,14-15H2,1-2H3,(H,24,27)/t16-,17-/m1/s1. The molecule has 31 heavy (non-hydrogen) atoms. The van der Waals surface area contributed by atoms with Crippen LogP contribution in [0.15, 0.2) is 59.6 Å². The van der Waals surface area contributed by atoms with Crippen LogP contribution in [0.2, 0.25) is 0 Å². The lowest BCUT2D eigenvalue weighted by atomic mass is 10.1. The Morgan fingerprint density at radius 2 is 1.77 bits per heavy atom. The summed E-state index contributed by atoms with van der Waals surface area (Å²) in [5.74, 6) is -0.225. The van der Waals surface area contributed by atoms with Crippen LogP contribution in [0.5, 0.6) is 0 Å². The van der Waals surface area contributed by atoms with Gasteiger partial charge in [0, 0.05) is 42.3 Å². The Balaban J connectivity index is 1.37. The average molecular weight is 442 g/mol. The Morgan fingerprint density at radius 3 is 2.48 bits per heavy atom. The van der Waals surface area contributed by atoms with Gasteiger partial charge in [0.05, 0.1) is 17.1 Å². The number of aromatic amines is 1. The van der Waals surface area contributed by atoms with Crippen molar-refractivity contribution in [3.05, 3.63) is 65.9 Å². The molecule has 3 aromatic rings. The number of carbonyl (C=O) groups excluding carboxylic acids is 1. The van der Waals surface area contributed by atoms with Gasteiger partial charge < -0.3 is 15.0 Å². The third kappa shape index (κ3) is 4.66. The number of ether oxygens (including phenoxy) is 1. The number of nitrogens with one attached hydrogen (secondary N) is 2. The van der Waals surface area contributed by atoms with Crippen molar-refractivity contribution in [3.8, 4) is 0 Å². The molecular formula is C23H27N3O4S. The molecule has 0 aliphatic carbocycles. The SMILES string of the molecule is C[C@@H]1CN(S(=O)(=O)c2ccc(C(=O)NCCc3c[nH]c4ccccc34)cc2)C[C@@H](C)O1. The molecule has 1 aliphatic heterocycles. The molecule has 0 bridgehead atoms. The highest BCUT2D eigenvalue weighted by atomic mass is 32.2. The first-order valence-electron chi connectivity index (χ1n) is 10.4. The molecule has 7 nitrogen and oxygen atoms in total. The van der Waals surface area contributed by atoms with Gasteiger partial charge in [-0.3, -0.25) is 4.79 Å². The fourth-order valence-corrected chi connectivity index (χ4v) is 5.60. The summed E-state index contributed by atoms with van der Waals surface area (Å²) in [6.07, 6.45) is 2.36. The van der Waals surface area contributed by atoms with E-state index in [-0.39, 0.29) is 23.0 Å². The van der Waals surface area contributed by atoms with E-state index >= 15 is 0 Å². The summed E-state index contributed by atoms with van der Waals surface area (Å²) in [5.41, 5.74) is 2.65. The summed E-state index contributed by atoms with van der Waals surface area (Å²) in [6, 6.07) is 14.1. The maximum Gasteiger partial charge on any atom is 0.251 e. The lowest BCUT2D eigenvalue weighted by molar-refractivity contribution is -0.0440. The molecule has 0 radical (unpaired) electrons. The van der Waals surface area contributed by atoms with Gasteiger partial charge in [0.2, 0.25) is 10.0 Å². The fourth-order valence-electron chi connectivity index (χ4n) is 4.01. The highest BCUT2D eigenvalue weighted by Gasteiger charge is 2.32. The number of nitrogens with zero attached hydrogens (tertiary/aromatic N) is 1. The van der Waals surface area contributed by atoms with Gasteiger partial charge in [0.15, 0.2) is 0 Å². The largest absolute Gasteiger partial charge is 0.373 e. The summed E-state index contributed by atoms with van der Waals surface area (Å²) in [5, 5.41) is 4.06. The van der Waals surface area contributed by atoms with E-state index in [0.29, 0.717) is 31.6 Å². The Hall–Kier alpha value is -2.68. The minimum Gasteiger partial charge on any atom is -0.373 e. The lowest BCUT2D eigenvalue weighted by Gasteiger charge is -2.34. The third-order valence-corrected chi connectivity index (χ3v) is 7.34. The zero-order valence-corrected chi connectivity index (χ0v) is 18.5. The molecule has 1 fully saturated rings. The maximum atomic E-state index is 12.9. The number of aromatic nitrogens is 1. The van der Waals surface area contributed by atoms with E-state index in [9.17, 15) is 13.2 Å². The van der Waals surface area contributed by atoms with E-state index in [1.807, 2.05) is 38.2 Å². The number of H-pyrrole nitrogens is 1. The van der Waals surface area contributed by atoms with E-state index in [1.54, 1.807) is 12.1 Å². The first kappa shape index (κ1) is 21.5. The minimum atomic E-state index is -3.62. The number of rotatable bonds is 6. The topological polar surface area (TPSA) is 91.5 Å². The second-order valence-electron chi connectivity index (χ2n) is 7.97. The zero-order valence-electron chi connectivity index (χ0n) is 17.7. The van der Waals surface area contributed by atoms with Crippen molar-refractivity contribution in [1.29, 1.82) is 0 Å². The van der Waals surface area contributed by atoms with Crippen molar-refractivity contribution in [2.45, 2.75) is 37.4 Å². The van der Waals surface area contributed by atoms with Crippen molar-refractivity contribution in [1.82, 2.24) is 14.6 Å². The van der Waals surface area contributed by atoms with Crippen LogP contribution in [0.3, 0.4) is 0 Å². The molecule has 2 atom stereocenters. The molecule has 4 rings (SSSR count). The second-order valence-corrected chi connectivity index (χ2v) is 9.91. The number of amides is 1. The summed E-state index contributed by atoms with van der Waals surface area (Å²) in [6.45, 7) is 4.86. The van der Waals surface area contributed by atoms with E-state index in [0.717, 1.165) is 16.5 Å². The third-order valence-electron chi connectivity index (χ3n) is 5.50. The smallest absolute Gasteiger partial charge is 0.251 e. The van der Waals surface area contributed by atoms with E-state index in [4.69, 9.17) is 4.74 Å². The van der Waals surface area contributed by atoms with E-state index in [1.165, 1.54) is 16.4 Å². The Bertz CT molecular complexity index is 1160. The first-order valence-corrected chi connectivity index (χ1v) is 11.9. The van der Waals surface area contributed by atoms with Crippen molar-refractivity contribution in [2.75, 3.05) is 19.6 Å². The summed E-state index contributed by atoms with van der Waals surface area (Å²) in [4.78, 5) is 15.9. The number of carbonyl (C=O) groups is 1. The molecule has 164 valence electrons. The van der Waals surface area contributed by atoms with Crippen molar-refractivity contribution in [3.63, 3.8) is 0 Å². The molecule has 1 aromatic heterocycles. The van der Waals surface area contributed by atoms with Crippen molar-refractivity contribution < 1.29 is 17.9 Å². The van der Waals surface area contributed by atoms with Gasteiger partial charge in [-0.05, 0) is 56.2 Å². The van der Waals surface area contributed by atoms with Crippen LogP contribution in [0.1, 0.15) is 29.8 Å². The Morgan fingerprint density at radius 1 is 1.10 bits per heavy atom. The molecule has 1 aliphatic rings. The van der Waals surface area contributed by atoms with Gasteiger partial charge in [-0.2, -0.15) is 4.31 Å². The number of para-hydroxylation sites is 1. The van der Waals surface area contributed by atoms with Crippen LogP contribution in [0, 0.1) is 0 Å². The number of hydrogen-bond donors (Lipinski definition) is 2. The number of benzene rings is 2. The monoisotopic (exact) mass is 441 g/mol. The molecule has 8 heteroatoms. The highest BCUT2D eigenvalue weighted by molar-refractivity contribution is 7.89. The molecule has 0 spiro atoms. The van der Waals surface area contributed by atoms with Gasteiger partial charge in [-0.15, -0.1) is 0 Å². The van der Waals surface area contributed by atoms with Crippen LogP contribution in [-0.4, -0.2) is 55.5 Å². The molecule has 2 heterocycles. The molecule has 0 unspecified atom stereocenters. The molecular weight excluding hydrogens is 414 g/mol. The molecule has 1 saturated heterocycles. The number of fused-ring (bicyclic) bond motifs is 1. The Labute approximate surface area is 182 Å². The van der Waals surface area contributed by atoms with Crippen molar-refractivity contribution >= 4 is 26.8 Å². The molecule has 2 N–H and O–H groups in total. The van der Waals surface area contributed by atoms with Crippen LogP contribution < -0.4 is 5.32 Å². The second kappa shape index (κ2) is 8.82. The van der Waals surface area contributed by atoms with Gasteiger partial charge in [-0.1, -0.05) is 18.2 Å². The lowest BCUT2D eigenvalue weighted by Crippen LogP contribution is -2.48. The normalized spacial score (nSPS) is 20.1. The highest BCUT2D eigenvalue weighted by Crippen LogP contribution is 2.22.